The summed E-state index contributed by atoms with van der Waals surface area (Å²) in [7, 11) is 0. The van der Waals surface area contributed by atoms with Crippen LogP contribution < -0.4 is 0 Å². The Morgan fingerprint density at radius 2 is 1.94 bits per heavy atom. The molecule has 0 saturated heterocycles. The van der Waals surface area contributed by atoms with Gasteiger partial charge in [0.15, 0.2) is 10.7 Å². The molecule has 2 rings (SSSR count). The van der Waals surface area contributed by atoms with Crippen LogP contribution in [0.1, 0.15) is 47.5 Å². The summed E-state index contributed by atoms with van der Waals surface area (Å²) in [4.78, 5) is 17.8. The Hall–Kier alpha value is -1.36. The molecule has 0 atom stereocenters. The van der Waals surface area contributed by atoms with Crippen LogP contribution in [-0.4, -0.2) is 20.5 Å². The van der Waals surface area contributed by atoms with Crippen molar-refractivity contribution in [1.29, 1.82) is 0 Å². The Morgan fingerprint density at radius 3 is 2.41 bits per heavy atom. The Bertz CT molecular complexity index is 602. The first-order valence-electron chi connectivity index (χ1n) is 5.45. The summed E-state index contributed by atoms with van der Waals surface area (Å²) < 4.78 is 1.75. The first kappa shape index (κ1) is 12.1. The standard InChI is InChI=1S/C12H16N2O2S/c1-6-7(2)17-11-13-9(12(3,4)5)8(10(15)16)14(6)11/h1-5H3,(H,15,16). The number of carbonyl (C=O) groups is 1. The molecule has 0 saturated carbocycles. The van der Waals surface area contributed by atoms with E-state index in [4.69, 9.17) is 0 Å². The molecule has 1 N–H and O–H groups in total. The maximum atomic E-state index is 11.4. The molecule has 4 nitrogen and oxygen atoms in total. The molecule has 0 aromatic carbocycles. The van der Waals surface area contributed by atoms with Gasteiger partial charge in [0, 0.05) is 16.0 Å². The van der Waals surface area contributed by atoms with E-state index in [-0.39, 0.29) is 5.41 Å². The number of fused-ring (bicyclic) bond motifs is 1. The zero-order chi connectivity index (χ0) is 13.0. The lowest BCUT2D eigenvalue weighted by Crippen LogP contribution is -2.18. The van der Waals surface area contributed by atoms with E-state index in [2.05, 4.69) is 4.98 Å². The Kier molecular flexibility index (Phi) is 2.54. The molecule has 0 spiro atoms. The highest BCUT2D eigenvalue weighted by Crippen LogP contribution is 2.31. The highest BCUT2D eigenvalue weighted by molar-refractivity contribution is 7.17. The van der Waals surface area contributed by atoms with E-state index >= 15 is 0 Å². The molecular weight excluding hydrogens is 236 g/mol. The molecule has 0 fully saturated rings. The number of imidazole rings is 1. The van der Waals surface area contributed by atoms with Gasteiger partial charge in [-0.05, 0) is 13.8 Å². The second-order valence-corrected chi connectivity index (χ2v) is 6.41. The van der Waals surface area contributed by atoms with Gasteiger partial charge in [0.1, 0.15) is 0 Å². The largest absolute Gasteiger partial charge is 0.477 e. The third-order valence-corrected chi connectivity index (χ3v) is 3.91. The molecule has 0 aliphatic rings. The van der Waals surface area contributed by atoms with Gasteiger partial charge in [-0.2, -0.15) is 0 Å². The quantitative estimate of drug-likeness (QED) is 0.848. The average molecular weight is 252 g/mol. The summed E-state index contributed by atoms with van der Waals surface area (Å²) in [5, 5.41) is 9.39. The molecule has 0 unspecified atom stereocenters. The van der Waals surface area contributed by atoms with Crippen molar-refractivity contribution in [3.05, 3.63) is 22.0 Å². The van der Waals surface area contributed by atoms with Crippen molar-refractivity contribution in [3.63, 3.8) is 0 Å². The third-order valence-electron chi connectivity index (χ3n) is 2.85. The van der Waals surface area contributed by atoms with Crippen LogP contribution >= 0.6 is 11.3 Å². The molecule has 5 heteroatoms. The lowest BCUT2D eigenvalue weighted by atomic mass is 9.90. The number of nitrogens with zero attached hydrogens (tertiary/aromatic N) is 2. The highest BCUT2D eigenvalue weighted by Gasteiger charge is 2.29. The number of aromatic nitrogens is 2. The van der Waals surface area contributed by atoms with E-state index in [9.17, 15) is 9.90 Å². The van der Waals surface area contributed by atoms with Gasteiger partial charge in [-0.25, -0.2) is 9.78 Å². The smallest absolute Gasteiger partial charge is 0.354 e. The van der Waals surface area contributed by atoms with E-state index < -0.39 is 5.97 Å². The van der Waals surface area contributed by atoms with Crippen molar-refractivity contribution in [3.8, 4) is 0 Å². The number of aromatic carboxylic acids is 1. The maximum absolute atomic E-state index is 11.4. The van der Waals surface area contributed by atoms with Gasteiger partial charge < -0.3 is 5.11 Å². The number of hydrogen-bond donors (Lipinski definition) is 1. The molecule has 2 aromatic rings. The molecule has 0 amide bonds. The molecule has 92 valence electrons. The van der Waals surface area contributed by atoms with Crippen molar-refractivity contribution in [2.45, 2.75) is 40.0 Å². The summed E-state index contributed by atoms with van der Waals surface area (Å²) in [5.41, 5.74) is 1.65. The fourth-order valence-electron chi connectivity index (χ4n) is 1.87. The Labute approximate surface area is 104 Å². The van der Waals surface area contributed by atoms with Crippen LogP contribution in [0.2, 0.25) is 0 Å². The van der Waals surface area contributed by atoms with Crippen molar-refractivity contribution >= 4 is 22.3 Å². The minimum atomic E-state index is -0.914. The topological polar surface area (TPSA) is 54.6 Å². The first-order valence-corrected chi connectivity index (χ1v) is 6.27. The van der Waals surface area contributed by atoms with Gasteiger partial charge in [-0.1, -0.05) is 20.8 Å². The van der Waals surface area contributed by atoms with E-state index in [1.54, 1.807) is 4.40 Å². The second-order valence-electron chi connectivity index (χ2n) is 5.23. The average Bonchev–Trinajstić information content (AvgIpc) is 2.65. The Morgan fingerprint density at radius 1 is 1.35 bits per heavy atom. The zero-order valence-electron chi connectivity index (χ0n) is 10.7. The third kappa shape index (κ3) is 1.74. The van der Waals surface area contributed by atoms with Crippen molar-refractivity contribution in [2.75, 3.05) is 0 Å². The monoisotopic (exact) mass is 252 g/mol. The van der Waals surface area contributed by atoms with Gasteiger partial charge in [-0.15, -0.1) is 11.3 Å². The van der Waals surface area contributed by atoms with Crippen molar-refractivity contribution < 1.29 is 9.90 Å². The number of carboxylic acid groups (broad SMARTS) is 1. The summed E-state index contributed by atoms with van der Waals surface area (Å²) in [6.07, 6.45) is 0. The molecule has 2 heterocycles. The van der Waals surface area contributed by atoms with Crippen LogP contribution in [0, 0.1) is 13.8 Å². The van der Waals surface area contributed by atoms with Crippen molar-refractivity contribution in [1.82, 2.24) is 9.38 Å². The molecule has 0 bridgehead atoms. The number of aryl methyl sites for hydroxylation is 2. The maximum Gasteiger partial charge on any atom is 0.354 e. The summed E-state index contributed by atoms with van der Waals surface area (Å²) in [5.74, 6) is -0.914. The van der Waals surface area contributed by atoms with Gasteiger partial charge >= 0.3 is 5.97 Å². The van der Waals surface area contributed by atoms with Crippen LogP contribution in [0.3, 0.4) is 0 Å². The molecule has 0 radical (unpaired) electrons. The minimum Gasteiger partial charge on any atom is -0.477 e. The molecule has 17 heavy (non-hydrogen) atoms. The lowest BCUT2D eigenvalue weighted by molar-refractivity contribution is 0.0686. The van der Waals surface area contributed by atoms with E-state index in [1.165, 1.54) is 11.3 Å². The number of rotatable bonds is 1. The zero-order valence-corrected chi connectivity index (χ0v) is 11.5. The predicted molar refractivity (Wildman–Crippen MR) is 68.2 cm³/mol. The fraction of sp³-hybridized carbons (Fsp3) is 0.500. The SMILES string of the molecule is Cc1sc2nc(C(C)(C)C)c(C(=O)O)n2c1C. The second kappa shape index (κ2) is 3.57. The van der Waals surface area contributed by atoms with Crippen LogP contribution in [0.4, 0.5) is 0 Å². The van der Waals surface area contributed by atoms with Crippen LogP contribution in [0.25, 0.3) is 4.96 Å². The van der Waals surface area contributed by atoms with Gasteiger partial charge in [0.05, 0.1) is 5.69 Å². The molecular formula is C12H16N2O2S. The molecule has 2 aromatic heterocycles. The lowest BCUT2D eigenvalue weighted by Gasteiger charge is -2.16. The minimum absolute atomic E-state index is 0.264. The number of carboxylic acids is 1. The van der Waals surface area contributed by atoms with Gasteiger partial charge in [0.2, 0.25) is 0 Å². The van der Waals surface area contributed by atoms with E-state index in [1.807, 2.05) is 34.6 Å². The van der Waals surface area contributed by atoms with Crippen molar-refractivity contribution in [2.24, 2.45) is 0 Å². The van der Waals surface area contributed by atoms with E-state index in [0.29, 0.717) is 11.4 Å². The number of hydrogen-bond acceptors (Lipinski definition) is 3. The fourth-order valence-corrected chi connectivity index (χ4v) is 2.84. The normalized spacial score (nSPS) is 12.3. The van der Waals surface area contributed by atoms with Crippen LogP contribution in [0.5, 0.6) is 0 Å². The molecule has 0 aliphatic carbocycles. The predicted octanol–water partition coefficient (Wildman–Crippen LogP) is 3.01. The van der Waals surface area contributed by atoms with Crippen LogP contribution in [-0.2, 0) is 5.41 Å². The summed E-state index contributed by atoms with van der Waals surface area (Å²) >= 11 is 1.54. The highest BCUT2D eigenvalue weighted by atomic mass is 32.1. The molecule has 0 aliphatic heterocycles. The van der Waals surface area contributed by atoms with Gasteiger partial charge in [0.25, 0.3) is 0 Å². The van der Waals surface area contributed by atoms with Crippen LogP contribution in [0.15, 0.2) is 0 Å². The van der Waals surface area contributed by atoms with E-state index in [0.717, 1.165) is 15.5 Å². The number of thiazole rings is 1. The van der Waals surface area contributed by atoms with Gasteiger partial charge in [-0.3, -0.25) is 4.40 Å². The first-order chi connectivity index (χ1) is 7.73. The summed E-state index contributed by atoms with van der Waals surface area (Å²) in [6.45, 7) is 9.85. The summed E-state index contributed by atoms with van der Waals surface area (Å²) in [6, 6.07) is 0. The Balaban J connectivity index is 2.89.